The van der Waals surface area contributed by atoms with E-state index in [4.69, 9.17) is 42.2 Å². The number of carboxylic acid groups (broad SMARTS) is 1. The van der Waals surface area contributed by atoms with Gasteiger partial charge < -0.3 is 30.6 Å². The first-order valence-corrected chi connectivity index (χ1v) is 8.16. The van der Waals surface area contributed by atoms with E-state index in [1.165, 1.54) is 4.57 Å². The van der Waals surface area contributed by atoms with Crippen LogP contribution in [0.3, 0.4) is 0 Å². The second-order valence-corrected chi connectivity index (χ2v) is 6.50. The third-order valence-corrected chi connectivity index (χ3v) is 4.40. The zero-order valence-electron chi connectivity index (χ0n) is 13.0. The van der Waals surface area contributed by atoms with E-state index < -0.39 is 37.1 Å². The minimum absolute atomic E-state index is 0.0547. The first-order chi connectivity index (χ1) is 11.7. The Balaban J connectivity index is 0.000000333. The number of rotatable bonds is 6. The van der Waals surface area contributed by atoms with E-state index in [2.05, 4.69) is 15.9 Å². The maximum atomic E-state index is 11.5. The normalized spacial score (nSPS) is 11.3. The van der Waals surface area contributed by atoms with Gasteiger partial charge in [0.2, 0.25) is 0 Å². The number of hydrogen-bond donors (Lipinski definition) is 5. The van der Waals surface area contributed by atoms with E-state index in [1.54, 1.807) is 12.1 Å². The van der Waals surface area contributed by atoms with Crippen molar-refractivity contribution in [3.05, 3.63) is 32.2 Å². The number of nitrogens with zero attached hydrogens (tertiary/aromatic N) is 1. The molecular formula is C14H18BrClN2O7. The molecular weight excluding hydrogens is 424 g/mol. The van der Waals surface area contributed by atoms with Crippen LogP contribution < -0.4 is 11.5 Å². The molecule has 1 heterocycles. The van der Waals surface area contributed by atoms with Crippen LogP contribution in [-0.2, 0) is 11.3 Å². The van der Waals surface area contributed by atoms with Gasteiger partial charge in [0.1, 0.15) is 0 Å². The Labute approximate surface area is 155 Å². The maximum absolute atomic E-state index is 11.5. The largest absolute Gasteiger partial charge is 0.481 e. The van der Waals surface area contributed by atoms with Crippen molar-refractivity contribution in [3.63, 3.8) is 0 Å². The fraction of sp³-hybridized carbons (Fsp3) is 0.429. The van der Waals surface area contributed by atoms with Crippen LogP contribution >= 0.6 is 27.5 Å². The summed E-state index contributed by atoms with van der Waals surface area (Å²) in [6.07, 6.45) is -0.151. The number of aliphatic hydroxyl groups is 3. The summed E-state index contributed by atoms with van der Waals surface area (Å²) >= 11 is 9.13. The summed E-state index contributed by atoms with van der Waals surface area (Å²) in [5.74, 6) is -1.56. The van der Waals surface area contributed by atoms with Gasteiger partial charge >= 0.3 is 11.7 Å². The highest BCUT2D eigenvalue weighted by atomic mass is 79.9. The van der Waals surface area contributed by atoms with Gasteiger partial charge in [-0.2, -0.15) is 0 Å². The van der Waals surface area contributed by atoms with E-state index in [9.17, 15) is 9.59 Å². The van der Waals surface area contributed by atoms with Crippen molar-refractivity contribution >= 4 is 44.6 Å². The van der Waals surface area contributed by atoms with Crippen molar-refractivity contribution < 1.29 is 29.6 Å². The van der Waals surface area contributed by atoms with Gasteiger partial charge in [-0.05, 0) is 28.1 Å². The summed E-state index contributed by atoms with van der Waals surface area (Å²) in [7, 11) is 0. The first kappa shape index (κ1) is 21.6. The molecule has 0 aliphatic rings. The fourth-order valence-electron chi connectivity index (χ4n) is 1.63. The van der Waals surface area contributed by atoms with Gasteiger partial charge in [0.15, 0.2) is 5.58 Å². The van der Waals surface area contributed by atoms with Gasteiger partial charge in [-0.3, -0.25) is 9.36 Å². The molecule has 2 aromatic rings. The van der Waals surface area contributed by atoms with E-state index in [0.29, 0.717) is 20.6 Å². The van der Waals surface area contributed by atoms with Crippen molar-refractivity contribution in [2.24, 2.45) is 5.73 Å². The molecule has 0 amide bonds. The summed E-state index contributed by atoms with van der Waals surface area (Å²) in [4.78, 5) is 22.0. The number of carbonyl (C=O) groups is 1. The highest BCUT2D eigenvalue weighted by molar-refractivity contribution is 9.10. The number of aryl methyl sites for hydroxylation is 1. The maximum Gasteiger partial charge on any atom is 0.419 e. The molecule has 140 valence electrons. The van der Waals surface area contributed by atoms with E-state index in [0.717, 1.165) is 0 Å². The van der Waals surface area contributed by atoms with Crippen molar-refractivity contribution in [3.8, 4) is 0 Å². The molecule has 2 rings (SSSR count). The molecule has 25 heavy (non-hydrogen) atoms. The number of aliphatic carboxylic acids is 1. The van der Waals surface area contributed by atoms with E-state index in [-0.39, 0.29) is 13.0 Å². The molecule has 0 aliphatic carbocycles. The van der Waals surface area contributed by atoms with Crippen LogP contribution in [0.25, 0.3) is 11.1 Å². The lowest BCUT2D eigenvalue weighted by molar-refractivity contribution is -0.137. The van der Waals surface area contributed by atoms with Gasteiger partial charge in [-0.25, -0.2) is 4.79 Å². The third-order valence-electron chi connectivity index (χ3n) is 3.20. The lowest BCUT2D eigenvalue weighted by atomic mass is 10.1. The standard InChI is InChI=1S/C10H7BrClNO4.C4H11NO3/c11-5-3-8-7(4-6(5)12)13(10(16)17-8)2-1-9(14)15;5-4(1-6,2-7)3-8/h3-4H,1-2H2,(H,14,15);6-8H,1-3,5H2. The Hall–Kier alpha value is -1.43. The van der Waals surface area contributed by atoms with Crippen LogP contribution in [0.5, 0.6) is 0 Å². The van der Waals surface area contributed by atoms with E-state index in [1.807, 2.05) is 0 Å². The quantitative estimate of drug-likeness (QED) is 0.423. The van der Waals surface area contributed by atoms with Crippen LogP contribution in [0.4, 0.5) is 0 Å². The fourth-order valence-corrected chi connectivity index (χ4v) is 2.11. The molecule has 6 N–H and O–H groups in total. The predicted octanol–water partition coefficient (Wildman–Crippen LogP) is 0.146. The molecule has 0 saturated carbocycles. The molecule has 1 aromatic heterocycles. The number of benzene rings is 1. The van der Waals surface area contributed by atoms with Crippen molar-refractivity contribution in [2.45, 2.75) is 18.5 Å². The third kappa shape index (κ3) is 5.80. The number of oxazole rings is 1. The van der Waals surface area contributed by atoms with Gasteiger partial charge in [0.05, 0.1) is 42.3 Å². The lowest BCUT2D eigenvalue weighted by Gasteiger charge is -2.20. The Morgan fingerprint density at radius 2 is 1.84 bits per heavy atom. The van der Waals surface area contributed by atoms with Crippen LogP contribution in [0.15, 0.2) is 25.8 Å². The molecule has 0 unspecified atom stereocenters. The van der Waals surface area contributed by atoms with Crippen LogP contribution in [0.1, 0.15) is 6.42 Å². The number of aliphatic hydroxyl groups excluding tert-OH is 3. The second kappa shape index (κ2) is 9.32. The predicted molar refractivity (Wildman–Crippen MR) is 93.6 cm³/mol. The summed E-state index contributed by atoms with van der Waals surface area (Å²) in [6, 6.07) is 3.14. The van der Waals surface area contributed by atoms with Crippen LogP contribution in [0.2, 0.25) is 5.02 Å². The van der Waals surface area contributed by atoms with Crippen molar-refractivity contribution in [1.82, 2.24) is 4.57 Å². The van der Waals surface area contributed by atoms with Crippen LogP contribution in [-0.4, -0.2) is 56.3 Å². The highest BCUT2D eigenvalue weighted by Crippen LogP contribution is 2.27. The molecule has 0 saturated heterocycles. The average molecular weight is 442 g/mol. The molecule has 11 heteroatoms. The Kier molecular flexibility index (Phi) is 8.06. The first-order valence-electron chi connectivity index (χ1n) is 6.99. The zero-order valence-corrected chi connectivity index (χ0v) is 15.3. The second-order valence-electron chi connectivity index (χ2n) is 5.23. The monoisotopic (exact) mass is 440 g/mol. The number of aromatic nitrogens is 1. The van der Waals surface area contributed by atoms with Crippen LogP contribution in [0, 0.1) is 0 Å². The molecule has 1 aromatic carbocycles. The molecule has 9 nitrogen and oxygen atoms in total. The topological polar surface area (TPSA) is 159 Å². The summed E-state index contributed by atoms with van der Waals surface area (Å²) in [6.45, 7) is -1.15. The number of fused-ring (bicyclic) bond motifs is 1. The molecule has 0 spiro atoms. The van der Waals surface area contributed by atoms with E-state index >= 15 is 0 Å². The number of nitrogens with two attached hydrogens (primary N) is 1. The molecule has 0 aliphatic heterocycles. The molecule has 0 bridgehead atoms. The Morgan fingerprint density at radius 3 is 2.28 bits per heavy atom. The molecule has 0 fully saturated rings. The van der Waals surface area contributed by atoms with Gasteiger partial charge in [-0.1, -0.05) is 11.6 Å². The van der Waals surface area contributed by atoms with Crippen molar-refractivity contribution in [1.29, 1.82) is 0 Å². The van der Waals surface area contributed by atoms with Gasteiger partial charge in [0.25, 0.3) is 0 Å². The summed E-state index contributed by atoms with van der Waals surface area (Å²) in [5.41, 5.74) is 4.80. The van der Waals surface area contributed by atoms with Gasteiger partial charge in [-0.15, -0.1) is 0 Å². The minimum Gasteiger partial charge on any atom is -0.481 e. The lowest BCUT2D eigenvalue weighted by Crippen LogP contribution is -2.50. The average Bonchev–Trinajstić information content (AvgIpc) is 2.87. The SMILES string of the molecule is NC(CO)(CO)CO.O=C(O)CCn1c(=O)oc2cc(Br)c(Cl)cc21. The van der Waals surface area contributed by atoms with Gasteiger partial charge in [0, 0.05) is 11.0 Å². The molecule has 0 radical (unpaired) electrons. The Morgan fingerprint density at radius 1 is 1.28 bits per heavy atom. The molecule has 0 atom stereocenters. The van der Waals surface area contributed by atoms with Crippen molar-refractivity contribution in [2.75, 3.05) is 19.8 Å². The summed E-state index contributed by atoms with van der Waals surface area (Å²) in [5, 5.41) is 34.0. The summed E-state index contributed by atoms with van der Waals surface area (Å²) < 4.78 is 6.86. The highest BCUT2D eigenvalue weighted by Gasteiger charge is 2.20. The number of carboxylic acids is 1. The Bertz CT molecular complexity index is 777. The minimum atomic E-state index is -1.21. The number of halogens is 2. The zero-order chi connectivity index (χ0) is 19.2. The smallest absolute Gasteiger partial charge is 0.419 e. The number of hydrogen-bond acceptors (Lipinski definition) is 7.